The number of pyridine rings is 1. The van der Waals surface area contributed by atoms with E-state index in [-0.39, 0.29) is 0 Å². The summed E-state index contributed by atoms with van der Waals surface area (Å²) in [6.07, 6.45) is 4.25. The van der Waals surface area contributed by atoms with Crippen molar-refractivity contribution >= 4 is 11.5 Å². The predicted molar refractivity (Wildman–Crippen MR) is 72.1 cm³/mol. The van der Waals surface area contributed by atoms with Gasteiger partial charge < -0.3 is 16.0 Å². The number of anilines is 2. The molecule has 4 nitrogen and oxygen atoms in total. The van der Waals surface area contributed by atoms with Crippen molar-refractivity contribution < 1.29 is 0 Å². The minimum absolute atomic E-state index is 0.727. The van der Waals surface area contributed by atoms with Crippen LogP contribution in [0.15, 0.2) is 12.3 Å². The van der Waals surface area contributed by atoms with E-state index in [2.05, 4.69) is 22.2 Å². The molecule has 3 N–H and O–H groups in total. The third-order valence-electron chi connectivity index (χ3n) is 3.43. The van der Waals surface area contributed by atoms with Gasteiger partial charge in [0.15, 0.2) is 0 Å². The Hall–Kier alpha value is -1.29. The van der Waals surface area contributed by atoms with Crippen molar-refractivity contribution in [3.05, 3.63) is 17.8 Å². The van der Waals surface area contributed by atoms with Gasteiger partial charge >= 0.3 is 0 Å². The summed E-state index contributed by atoms with van der Waals surface area (Å²) >= 11 is 0. The molecule has 0 bridgehead atoms. The summed E-state index contributed by atoms with van der Waals surface area (Å²) in [5.41, 5.74) is 7.52. The summed E-state index contributed by atoms with van der Waals surface area (Å²) < 4.78 is 0. The van der Waals surface area contributed by atoms with Crippen molar-refractivity contribution in [2.75, 3.05) is 37.7 Å². The molecule has 0 amide bonds. The summed E-state index contributed by atoms with van der Waals surface area (Å²) in [7, 11) is 2.19. The predicted octanol–water partition coefficient (Wildman–Crippen LogP) is 1.73. The van der Waals surface area contributed by atoms with E-state index in [1.165, 1.54) is 25.9 Å². The second-order valence-electron chi connectivity index (χ2n) is 5.07. The maximum absolute atomic E-state index is 5.68. The van der Waals surface area contributed by atoms with Gasteiger partial charge in [-0.3, -0.25) is 0 Å². The highest BCUT2D eigenvalue weighted by Gasteiger charge is 2.18. The van der Waals surface area contributed by atoms with Gasteiger partial charge in [0, 0.05) is 13.1 Å². The van der Waals surface area contributed by atoms with E-state index < -0.39 is 0 Å². The largest absolute Gasteiger partial charge is 0.397 e. The van der Waals surface area contributed by atoms with Crippen LogP contribution >= 0.6 is 0 Å². The number of nitrogen functional groups attached to an aromatic ring is 1. The molecule has 0 saturated carbocycles. The number of aromatic nitrogens is 1. The molecule has 0 radical (unpaired) electrons. The summed E-state index contributed by atoms with van der Waals surface area (Å²) in [6, 6.07) is 1.96. The average molecular weight is 234 g/mol. The SMILES string of the molecule is Cc1cc(N)cnc1NCCC1CCN(C)C1. The van der Waals surface area contributed by atoms with Crippen LogP contribution in [0.5, 0.6) is 0 Å². The molecule has 1 fully saturated rings. The van der Waals surface area contributed by atoms with Crippen LogP contribution in [-0.2, 0) is 0 Å². The van der Waals surface area contributed by atoms with Gasteiger partial charge in [0.25, 0.3) is 0 Å². The van der Waals surface area contributed by atoms with Crippen molar-refractivity contribution in [1.82, 2.24) is 9.88 Å². The zero-order chi connectivity index (χ0) is 12.3. The molecule has 1 aliphatic rings. The van der Waals surface area contributed by atoms with Crippen LogP contribution in [-0.4, -0.2) is 36.6 Å². The maximum atomic E-state index is 5.68. The van der Waals surface area contributed by atoms with E-state index in [4.69, 9.17) is 5.73 Å². The quantitative estimate of drug-likeness (QED) is 0.833. The Morgan fingerprint density at radius 3 is 3.06 bits per heavy atom. The lowest BCUT2D eigenvalue weighted by molar-refractivity contribution is 0.390. The fourth-order valence-electron chi connectivity index (χ4n) is 2.44. The van der Waals surface area contributed by atoms with Crippen LogP contribution in [0.25, 0.3) is 0 Å². The third-order valence-corrected chi connectivity index (χ3v) is 3.43. The molecular weight excluding hydrogens is 212 g/mol. The molecule has 4 heteroatoms. The van der Waals surface area contributed by atoms with Gasteiger partial charge in [-0.25, -0.2) is 4.98 Å². The van der Waals surface area contributed by atoms with Gasteiger partial charge in [0.1, 0.15) is 5.82 Å². The number of aryl methyl sites for hydroxylation is 1. The Morgan fingerprint density at radius 2 is 2.41 bits per heavy atom. The van der Waals surface area contributed by atoms with E-state index in [9.17, 15) is 0 Å². The monoisotopic (exact) mass is 234 g/mol. The lowest BCUT2D eigenvalue weighted by Gasteiger charge is -2.12. The number of nitrogens with two attached hydrogens (primary N) is 1. The normalized spacial score (nSPS) is 20.7. The van der Waals surface area contributed by atoms with Crippen molar-refractivity contribution in [2.24, 2.45) is 5.92 Å². The van der Waals surface area contributed by atoms with Crippen LogP contribution < -0.4 is 11.1 Å². The lowest BCUT2D eigenvalue weighted by atomic mass is 10.1. The highest BCUT2D eigenvalue weighted by molar-refractivity contribution is 5.50. The number of nitrogens with zero attached hydrogens (tertiary/aromatic N) is 2. The first-order valence-electron chi connectivity index (χ1n) is 6.29. The Balaban J connectivity index is 1.78. The van der Waals surface area contributed by atoms with Crippen LogP contribution in [0, 0.1) is 12.8 Å². The molecule has 2 rings (SSSR count). The van der Waals surface area contributed by atoms with Crippen molar-refractivity contribution in [1.29, 1.82) is 0 Å². The lowest BCUT2D eigenvalue weighted by Crippen LogP contribution is -2.16. The number of hydrogen-bond donors (Lipinski definition) is 2. The molecule has 0 aliphatic carbocycles. The topological polar surface area (TPSA) is 54.2 Å². The van der Waals surface area contributed by atoms with E-state index >= 15 is 0 Å². The molecule has 1 aliphatic heterocycles. The second kappa shape index (κ2) is 5.36. The number of likely N-dealkylation sites (tertiary alicyclic amines) is 1. The zero-order valence-corrected chi connectivity index (χ0v) is 10.7. The average Bonchev–Trinajstić information content (AvgIpc) is 2.68. The van der Waals surface area contributed by atoms with Gasteiger partial charge in [0.05, 0.1) is 11.9 Å². The van der Waals surface area contributed by atoms with E-state index in [1.807, 2.05) is 13.0 Å². The van der Waals surface area contributed by atoms with Gasteiger partial charge in [-0.1, -0.05) is 0 Å². The maximum Gasteiger partial charge on any atom is 0.128 e. The summed E-state index contributed by atoms with van der Waals surface area (Å²) in [4.78, 5) is 6.71. The first-order valence-corrected chi connectivity index (χ1v) is 6.29. The fraction of sp³-hybridized carbons (Fsp3) is 0.615. The number of hydrogen-bond acceptors (Lipinski definition) is 4. The van der Waals surface area contributed by atoms with E-state index in [0.29, 0.717) is 0 Å². The molecule has 0 aromatic carbocycles. The van der Waals surface area contributed by atoms with Crippen molar-refractivity contribution in [3.63, 3.8) is 0 Å². The Bertz CT molecular complexity index is 378. The van der Waals surface area contributed by atoms with Gasteiger partial charge in [0.2, 0.25) is 0 Å². The number of rotatable bonds is 4. The molecular formula is C13H22N4. The Labute approximate surface area is 103 Å². The summed E-state index contributed by atoms with van der Waals surface area (Å²) in [6.45, 7) is 5.50. The summed E-state index contributed by atoms with van der Waals surface area (Å²) in [5, 5.41) is 3.40. The summed E-state index contributed by atoms with van der Waals surface area (Å²) in [5.74, 6) is 1.80. The Kier molecular flexibility index (Phi) is 3.84. The molecule has 1 aromatic rings. The van der Waals surface area contributed by atoms with Gasteiger partial charge in [-0.05, 0) is 50.9 Å². The van der Waals surface area contributed by atoms with Gasteiger partial charge in [-0.15, -0.1) is 0 Å². The first-order chi connectivity index (χ1) is 8.15. The second-order valence-corrected chi connectivity index (χ2v) is 5.07. The molecule has 17 heavy (non-hydrogen) atoms. The molecule has 94 valence electrons. The van der Waals surface area contributed by atoms with Crippen molar-refractivity contribution in [2.45, 2.75) is 19.8 Å². The minimum atomic E-state index is 0.727. The van der Waals surface area contributed by atoms with Crippen LogP contribution in [0.1, 0.15) is 18.4 Å². The van der Waals surface area contributed by atoms with E-state index in [1.54, 1.807) is 6.20 Å². The van der Waals surface area contributed by atoms with Gasteiger partial charge in [-0.2, -0.15) is 0 Å². The molecule has 2 heterocycles. The highest BCUT2D eigenvalue weighted by atomic mass is 15.1. The Morgan fingerprint density at radius 1 is 1.59 bits per heavy atom. The highest BCUT2D eigenvalue weighted by Crippen LogP contribution is 2.19. The number of nitrogens with one attached hydrogen (secondary N) is 1. The van der Waals surface area contributed by atoms with Crippen LogP contribution in [0.2, 0.25) is 0 Å². The van der Waals surface area contributed by atoms with E-state index in [0.717, 1.165) is 29.5 Å². The van der Waals surface area contributed by atoms with Crippen LogP contribution in [0.4, 0.5) is 11.5 Å². The molecule has 1 atom stereocenters. The minimum Gasteiger partial charge on any atom is -0.397 e. The molecule has 0 spiro atoms. The standard InChI is InChI=1S/C13H22N4/c1-10-7-12(14)8-16-13(10)15-5-3-11-4-6-17(2)9-11/h7-8,11H,3-6,9,14H2,1-2H3,(H,15,16). The zero-order valence-electron chi connectivity index (χ0n) is 10.7. The molecule has 1 saturated heterocycles. The van der Waals surface area contributed by atoms with Crippen LogP contribution in [0.3, 0.4) is 0 Å². The molecule has 1 unspecified atom stereocenters. The molecule has 1 aromatic heterocycles. The third kappa shape index (κ3) is 3.33. The van der Waals surface area contributed by atoms with Crippen molar-refractivity contribution in [3.8, 4) is 0 Å². The smallest absolute Gasteiger partial charge is 0.128 e. The fourth-order valence-corrected chi connectivity index (χ4v) is 2.44. The first kappa shape index (κ1) is 12.2.